The van der Waals surface area contributed by atoms with Gasteiger partial charge in [0.2, 0.25) is 0 Å². The van der Waals surface area contributed by atoms with Gasteiger partial charge in [0.1, 0.15) is 5.84 Å². The van der Waals surface area contributed by atoms with Crippen LogP contribution in [-0.2, 0) is 10.2 Å². The first-order valence-corrected chi connectivity index (χ1v) is 8.61. The Bertz CT molecular complexity index is 414. The Morgan fingerprint density at radius 2 is 1.70 bits per heavy atom. The molecule has 0 saturated carbocycles. The van der Waals surface area contributed by atoms with Crippen LogP contribution in [-0.4, -0.2) is 73.1 Å². The quantitative estimate of drug-likeness (QED) is 0.507. The monoisotopic (exact) mass is 305 g/mol. The van der Waals surface area contributed by atoms with Crippen molar-refractivity contribution in [3.05, 3.63) is 0 Å². The molecule has 1 aliphatic heterocycles. The molecule has 0 aliphatic carbocycles. The summed E-state index contributed by atoms with van der Waals surface area (Å²) in [5.41, 5.74) is 5.59. The largest absolute Gasteiger partial charge is 0.386 e. The van der Waals surface area contributed by atoms with Crippen LogP contribution in [0.1, 0.15) is 27.2 Å². The van der Waals surface area contributed by atoms with E-state index in [0.29, 0.717) is 39.3 Å². The fraction of sp³-hybridized carbons (Fsp3) is 0.917. The molecule has 0 bridgehead atoms. The standard InChI is InChI=1S/C12H27N5O2S/c1-4-11(12(13)14)15-7-9-17(10-8-15)20(18,19)16(5-2)6-3/h11H,4-10H2,1-3H3,(H3,13,14). The van der Waals surface area contributed by atoms with E-state index in [0.717, 1.165) is 6.42 Å². The highest BCUT2D eigenvalue weighted by Gasteiger charge is 2.32. The second kappa shape index (κ2) is 7.35. The van der Waals surface area contributed by atoms with Crippen LogP contribution in [0.25, 0.3) is 0 Å². The van der Waals surface area contributed by atoms with Crippen molar-refractivity contribution < 1.29 is 8.42 Å². The normalized spacial score (nSPS) is 20.2. The minimum atomic E-state index is -3.35. The summed E-state index contributed by atoms with van der Waals surface area (Å²) in [7, 11) is -3.35. The summed E-state index contributed by atoms with van der Waals surface area (Å²) in [4.78, 5) is 2.09. The molecule has 118 valence electrons. The Labute approximate surface area is 122 Å². The van der Waals surface area contributed by atoms with Gasteiger partial charge >= 0.3 is 0 Å². The van der Waals surface area contributed by atoms with E-state index in [-0.39, 0.29) is 11.9 Å². The van der Waals surface area contributed by atoms with Gasteiger partial charge < -0.3 is 5.73 Å². The lowest BCUT2D eigenvalue weighted by atomic mass is 10.1. The zero-order valence-electron chi connectivity index (χ0n) is 12.7. The van der Waals surface area contributed by atoms with Crippen LogP contribution >= 0.6 is 0 Å². The molecule has 1 rings (SSSR count). The highest BCUT2D eigenvalue weighted by atomic mass is 32.2. The van der Waals surface area contributed by atoms with Gasteiger partial charge in [0.25, 0.3) is 10.2 Å². The molecule has 0 spiro atoms. The molecule has 3 N–H and O–H groups in total. The van der Waals surface area contributed by atoms with E-state index in [1.807, 2.05) is 20.8 Å². The van der Waals surface area contributed by atoms with Crippen LogP contribution < -0.4 is 5.73 Å². The van der Waals surface area contributed by atoms with E-state index in [1.54, 1.807) is 0 Å². The molecule has 1 aliphatic rings. The molecule has 0 radical (unpaired) electrons. The van der Waals surface area contributed by atoms with E-state index < -0.39 is 10.2 Å². The molecular formula is C12H27N5O2S. The smallest absolute Gasteiger partial charge is 0.282 e. The third-order valence-corrected chi connectivity index (χ3v) is 6.00. The van der Waals surface area contributed by atoms with Crippen LogP contribution in [0.3, 0.4) is 0 Å². The average molecular weight is 305 g/mol. The highest BCUT2D eigenvalue weighted by Crippen LogP contribution is 2.14. The predicted molar refractivity (Wildman–Crippen MR) is 81.0 cm³/mol. The van der Waals surface area contributed by atoms with Crippen LogP contribution in [0.15, 0.2) is 0 Å². The van der Waals surface area contributed by atoms with Gasteiger partial charge in [-0.1, -0.05) is 20.8 Å². The Balaban J connectivity index is 2.68. The van der Waals surface area contributed by atoms with E-state index in [1.165, 1.54) is 8.61 Å². The number of nitrogens with zero attached hydrogens (tertiary/aromatic N) is 3. The van der Waals surface area contributed by atoms with Gasteiger partial charge in [-0.3, -0.25) is 10.3 Å². The van der Waals surface area contributed by atoms with Crippen molar-refractivity contribution in [2.45, 2.75) is 33.2 Å². The van der Waals surface area contributed by atoms with Crippen molar-refractivity contribution in [2.75, 3.05) is 39.3 Å². The first kappa shape index (κ1) is 17.4. The van der Waals surface area contributed by atoms with Gasteiger partial charge in [0.05, 0.1) is 6.04 Å². The Morgan fingerprint density at radius 3 is 2.05 bits per heavy atom. The Hall–Kier alpha value is -0.700. The van der Waals surface area contributed by atoms with E-state index in [9.17, 15) is 8.42 Å². The number of hydrogen-bond acceptors (Lipinski definition) is 4. The summed E-state index contributed by atoms with van der Waals surface area (Å²) in [6, 6.07) is -0.0756. The highest BCUT2D eigenvalue weighted by molar-refractivity contribution is 7.86. The van der Waals surface area contributed by atoms with Gasteiger partial charge in [-0.15, -0.1) is 0 Å². The molecule has 0 amide bonds. The maximum atomic E-state index is 12.4. The number of piperazine rings is 1. The van der Waals surface area contributed by atoms with Crippen LogP contribution in [0.2, 0.25) is 0 Å². The maximum Gasteiger partial charge on any atom is 0.282 e. The minimum Gasteiger partial charge on any atom is -0.386 e. The van der Waals surface area contributed by atoms with Crippen LogP contribution in [0, 0.1) is 5.41 Å². The maximum absolute atomic E-state index is 12.4. The summed E-state index contributed by atoms with van der Waals surface area (Å²) >= 11 is 0. The SMILES string of the molecule is CCC(C(=N)N)N1CCN(S(=O)(=O)N(CC)CC)CC1. The van der Waals surface area contributed by atoms with E-state index >= 15 is 0 Å². The predicted octanol–water partition coefficient (Wildman–Crippen LogP) is -0.0948. The number of rotatable bonds is 7. The summed E-state index contributed by atoms with van der Waals surface area (Å²) in [5.74, 6) is 0.160. The summed E-state index contributed by atoms with van der Waals surface area (Å²) in [6.45, 7) is 8.84. The average Bonchev–Trinajstić information content (AvgIpc) is 2.40. The molecule has 7 nitrogen and oxygen atoms in total. The molecule has 8 heteroatoms. The molecule has 20 heavy (non-hydrogen) atoms. The zero-order chi connectivity index (χ0) is 15.3. The topological polar surface area (TPSA) is 93.7 Å². The van der Waals surface area contributed by atoms with Gasteiger partial charge in [0, 0.05) is 39.3 Å². The van der Waals surface area contributed by atoms with Crippen molar-refractivity contribution in [3.63, 3.8) is 0 Å². The van der Waals surface area contributed by atoms with Crippen molar-refractivity contribution in [1.82, 2.24) is 13.5 Å². The van der Waals surface area contributed by atoms with Gasteiger partial charge in [-0.25, -0.2) is 0 Å². The molecule has 1 heterocycles. The number of hydrogen-bond donors (Lipinski definition) is 2. The molecule has 1 atom stereocenters. The lowest BCUT2D eigenvalue weighted by molar-refractivity contribution is 0.158. The molecule has 1 unspecified atom stereocenters. The van der Waals surface area contributed by atoms with Gasteiger partial charge in [-0.2, -0.15) is 17.0 Å². The van der Waals surface area contributed by atoms with Gasteiger partial charge in [0.15, 0.2) is 0 Å². The van der Waals surface area contributed by atoms with Crippen molar-refractivity contribution in [3.8, 4) is 0 Å². The van der Waals surface area contributed by atoms with Gasteiger partial charge in [-0.05, 0) is 6.42 Å². The lowest BCUT2D eigenvalue weighted by Gasteiger charge is -2.39. The molecular weight excluding hydrogens is 278 g/mol. The minimum absolute atomic E-state index is 0.0756. The first-order valence-electron chi connectivity index (χ1n) is 7.21. The molecule has 1 fully saturated rings. The lowest BCUT2D eigenvalue weighted by Crippen LogP contribution is -2.57. The van der Waals surface area contributed by atoms with Crippen LogP contribution in [0.4, 0.5) is 0 Å². The third-order valence-electron chi connectivity index (χ3n) is 3.82. The summed E-state index contributed by atoms with van der Waals surface area (Å²) in [6.07, 6.45) is 0.776. The van der Waals surface area contributed by atoms with E-state index in [4.69, 9.17) is 11.1 Å². The van der Waals surface area contributed by atoms with Crippen molar-refractivity contribution in [2.24, 2.45) is 5.73 Å². The second-order valence-corrected chi connectivity index (χ2v) is 6.83. The Morgan fingerprint density at radius 1 is 1.20 bits per heavy atom. The molecule has 1 saturated heterocycles. The third kappa shape index (κ3) is 3.69. The first-order chi connectivity index (χ1) is 9.38. The summed E-state index contributed by atoms with van der Waals surface area (Å²) < 4.78 is 27.8. The summed E-state index contributed by atoms with van der Waals surface area (Å²) in [5, 5.41) is 7.58. The molecule has 0 aromatic carbocycles. The van der Waals surface area contributed by atoms with Crippen molar-refractivity contribution >= 4 is 16.0 Å². The Kier molecular flexibility index (Phi) is 6.38. The molecule has 0 aromatic rings. The number of amidine groups is 1. The zero-order valence-corrected chi connectivity index (χ0v) is 13.5. The number of nitrogens with two attached hydrogens (primary N) is 1. The fourth-order valence-corrected chi connectivity index (χ4v) is 4.24. The second-order valence-electron chi connectivity index (χ2n) is 4.91. The fourth-order valence-electron chi connectivity index (χ4n) is 2.63. The molecule has 0 aromatic heterocycles. The van der Waals surface area contributed by atoms with Crippen LogP contribution in [0.5, 0.6) is 0 Å². The van der Waals surface area contributed by atoms with E-state index in [2.05, 4.69) is 4.90 Å². The van der Waals surface area contributed by atoms with Crippen molar-refractivity contribution in [1.29, 1.82) is 5.41 Å². The number of nitrogens with one attached hydrogen (secondary N) is 1.